The molecule has 0 bridgehead atoms. The molecule has 1 fully saturated rings. The number of piperidine rings is 1. The molecule has 0 aliphatic carbocycles. The van der Waals surface area contributed by atoms with Gasteiger partial charge in [-0.15, -0.1) is 0 Å². The molecule has 2 N–H and O–H groups in total. The topological polar surface area (TPSA) is 35.5 Å². The first-order valence-corrected chi connectivity index (χ1v) is 7.89. The summed E-state index contributed by atoms with van der Waals surface area (Å²) in [5, 5.41) is 13.7. The summed E-state index contributed by atoms with van der Waals surface area (Å²) in [4.78, 5) is 2.54. The lowest BCUT2D eigenvalue weighted by Gasteiger charge is -2.32. The molecule has 1 aromatic carbocycles. The van der Waals surface area contributed by atoms with Crippen molar-refractivity contribution in [3.63, 3.8) is 0 Å². The Balaban J connectivity index is 1.71. The van der Waals surface area contributed by atoms with E-state index in [1.807, 2.05) is 12.1 Å². The monoisotopic (exact) mass is 276 g/mol. The van der Waals surface area contributed by atoms with Gasteiger partial charge < -0.3 is 15.3 Å². The SMILES string of the molecule is CCCN1CCC(NCC(O)c2ccc(C)cc2)CC1. The van der Waals surface area contributed by atoms with E-state index in [-0.39, 0.29) is 0 Å². The molecule has 3 heteroatoms. The summed E-state index contributed by atoms with van der Waals surface area (Å²) in [7, 11) is 0. The standard InChI is InChI=1S/C17H28N2O/c1-3-10-19-11-8-16(9-12-19)18-13-17(20)15-6-4-14(2)5-7-15/h4-7,16-18,20H,3,8-13H2,1-2H3. The number of hydrogen-bond acceptors (Lipinski definition) is 3. The van der Waals surface area contributed by atoms with Crippen molar-refractivity contribution in [1.29, 1.82) is 0 Å². The first-order valence-electron chi connectivity index (χ1n) is 7.89. The average Bonchev–Trinajstić information content (AvgIpc) is 2.47. The van der Waals surface area contributed by atoms with Gasteiger partial charge in [-0.2, -0.15) is 0 Å². The highest BCUT2D eigenvalue weighted by Gasteiger charge is 2.19. The fourth-order valence-corrected chi connectivity index (χ4v) is 2.86. The van der Waals surface area contributed by atoms with Crippen molar-refractivity contribution in [1.82, 2.24) is 10.2 Å². The van der Waals surface area contributed by atoms with E-state index in [0.29, 0.717) is 12.6 Å². The van der Waals surface area contributed by atoms with Gasteiger partial charge in [0.1, 0.15) is 0 Å². The number of likely N-dealkylation sites (tertiary alicyclic amines) is 1. The third kappa shape index (κ3) is 4.58. The molecule has 1 atom stereocenters. The Morgan fingerprint density at radius 2 is 1.90 bits per heavy atom. The summed E-state index contributed by atoms with van der Waals surface area (Å²) in [5.74, 6) is 0. The number of rotatable bonds is 6. The number of benzene rings is 1. The van der Waals surface area contributed by atoms with Crippen molar-refractivity contribution in [2.24, 2.45) is 0 Å². The van der Waals surface area contributed by atoms with Crippen molar-refractivity contribution in [2.45, 2.75) is 45.3 Å². The van der Waals surface area contributed by atoms with Crippen LogP contribution in [0, 0.1) is 6.92 Å². The van der Waals surface area contributed by atoms with Crippen LogP contribution in [0.2, 0.25) is 0 Å². The summed E-state index contributed by atoms with van der Waals surface area (Å²) in [5.41, 5.74) is 2.24. The van der Waals surface area contributed by atoms with Crippen LogP contribution in [-0.4, -0.2) is 42.2 Å². The molecule has 1 heterocycles. The summed E-state index contributed by atoms with van der Waals surface area (Å²) < 4.78 is 0. The van der Waals surface area contributed by atoms with Gasteiger partial charge in [-0.25, -0.2) is 0 Å². The zero-order valence-corrected chi connectivity index (χ0v) is 12.8. The molecule has 0 saturated carbocycles. The molecule has 1 aromatic rings. The van der Waals surface area contributed by atoms with E-state index in [1.165, 1.54) is 44.5 Å². The lowest BCUT2D eigenvalue weighted by molar-refractivity contribution is 0.151. The molecule has 112 valence electrons. The zero-order chi connectivity index (χ0) is 14.4. The molecular weight excluding hydrogens is 248 g/mol. The van der Waals surface area contributed by atoms with Gasteiger partial charge in [0.15, 0.2) is 0 Å². The molecule has 1 aliphatic rings. The highest BCUT2D eigenvalue weighted by atomic mass is 16.3. The van der Waals surface area contributed by atoms with Crippen molar-refractivity contribution in [3.05, 3.63) is 35.4 Å². The van der Waals surface area contributed by atoms with Crippen LogP contribution in [0.25, 0.3) is 0 Å². The molecule has 1 unspecified atom stereocenters. The molecule has 20 heavy (non-hydrogen) atoms. The minimum Gasteiger partial charge on any atom is -0.387 e. The fourth-order valence-electron chi connectivity index (χ4n) is 2.86. The van der Waals surface area contributed by atoms with E-state index in [2.05, 4.69) is 36.2 Å². The van der Waals surface area contributed by atoms with E-state index in [0.717, 1.165) is 5.56 Å². The molecule has 0 amide bonds. The zero-order valence-electron chi connectivity index (χ0n) is 12.8. The molecule has 0 radical (unpaired) electrons. The maximum absolute atomic E-state index is 10.2. The first kappa shape index (κ1) is 15.5. The van der Waals surface area contributed by atoms with Crippen molar-refractivity contribution >= 4 is 0 Å². The second-order valence-corrected chi connectivity index (χ2v) is 5.95. The Bertz CT molecular complexity index is 382. The van der Waals surface area contributed by atoms with Crippen LogP contribution in [0.15, 0.2) is 24.3 Å². The summed E-state index contributed by atoms with van der Waals surface area (Å²) >= 11 is 0. The van der Waals surface area contributed by atoms with Crippen molar-refractivity contribution in [3.8, 4) is 0 Å². The lowest BCUT2D eigenvalue weighted by Crippen LogP contribution is -2.43. The molecule has 2 rings (SSSR count). The Hall–Kier alpha value is -0.900. The summed E-state index contributed by atoms with van der Waals surface area (Å²) in [6, 6.07) is 8.71. The average molecular weight is 276 g/mol. The lowest BCUT2D eigenvalue weighted by atomic mass is 10.0. The van der Waals surface area contributed by atoms with Gasteiger partial charge in [0.2, 0.25) is 0 Å². The van der Waals surface area contributed by atoms with E-state index >= 15 is 0 Å². The van der Waals surface area contributed by atoms with Crippen LogP contribution < -0.4 is 5.32 Å². The second-order valence-electron chi connectivity index (χ2n) is 5.95. The van der Waals surface area contributed by atoms with Gasteiger partial charge in [-0.3, -0.25) is 0 Å². The molecular formula is C17H28N2O. The summed E-state index contributed by atoms with van der Waals surface area (Å²) in [6.07, 6.45) is 3.23. The summed E-state index contributed by atoms with van der Waals surface area (Å²) in [6.45, 7) is 8.55. The Kier molecular flexibility index (Phi) is 6.02. The fraction of sp³-hybridized carbons (Fsp3) is 0.647. The third-order valence-electron chi connectivity index (χ3n) is 4.19. The third-order valence-corrected chi connectivity index (χ3v) is 4.19. The molecule has 0 aromatic heterocycles. The highest BCUT2D eigenvalue weighted by Crippen LogP contribution is 2.15. The van der Waals surface area contributed by atoms with E-state index in [1.54, 1.807) is 0 Å². The van der Waals surface area contributed by atoms with Gasteiger partial charge in [-0.1, -0.05) is 36.8 Å². The number of hydrogen-bond donors (Lipinski definition) is 2. The predicted molar refractivity (Wildman–Crippen MR) is 83.9 cm³/mol. The van der Waals surface area contributed by atoms with Gasteiger partial charge in [0, 0.05) is 12.6 Å². The minimum absolute atomic E-state index is 0.399. The van der Waals surface area contributed by atoms with E-state index in [4.69, 9.17) is 0 Å². The van der Waals surface area contributed by atoms with Gasteiger partial charge in [0.25, 0.3) is 0 Å². The number of nitrogens with one attached hydrogen (secondary N) is 1. The van der Waals surface area contributed by atoms with Gasteiger partial charge in [0.05, 0.1) is 6.10 Å². The van der Waals surface area contributed by atoms with E-state index in [9.17, 15) is 5.11 Å². The quantitative estimate of drug-likeness (QED) is 0.838. The van der Waals surface area contributed by atoms with Crippen molar-refractivity contribution < 1.29 is 5.11 Å². The van der Waals surface area contributed by atoms with Crippen LogP contribution in [0.1, 0.15) is 43.4 Å². The second kappa shape index (κ2) is 7.77. The van der Waals surface area contributed by atoms with Crippen LogP contribution in [0.3, 0.4) is 0 Å². The Morgan fingerprint density at radius 1 is 1.25 bits per heavy atom. The molecule has 0 spiro atoms. The van der Waals surface area contributed by atoms with Gasteiger partial charge in [-0.05, 0) is 51.4 Å². The number of nitrogens with zero attached hydrogens (tertiary/aromatic N) is 1. The van der Waals surface area contributed by atoms with Crippen LogP contribution in [-0.2, 0) is 0 Å². The molecule has 1 aliphatic heterocycles. The molecule has 1 saturated heterocycles. The maximum atomic E-state index is 10.2. The Morgan fingerprint density at radius 3 is 2.50 bits per heavy atom. The smallest absolute Gasteiger partial charge is 0.0914 e. The van der Waals surface area contributed by atoms with Crippen LogP contribution >= 0.6 is 0 Å². The number of aryl methyl sites for hydroxylation is 1. The first-order chi connectivity index (χ1) is 9.69. The van der Waals surface area contributed by atoms with Crippen LogP contribution in [0.4, 0.5) is 0 Å². The number of aliphatic hydroxyl groups is 1. The Labute approximate surface area is 123 Å². The highest BCUT2D eigenvalue weighted by molar-refractivity contribution is 5.23. The van der Waals surface area contributed by atoms with Crippen molar-refractivity contribution in [2.75, 3.05) is 26.2 Å². The minimum atomic E-state index is -0.399. The van der Waals surface area contributed by atoms with Gasteiger partial charge >= 0.3 is 0 Å². The molecule has 3 nitrogen and oxygen atoms in total. The number of aliphatic hydroxyl groups excluding tert-OH is 1. The largest absolute Gasteiger partial charge is 0.387 e. The predicted octanol–water partition coefficient (Wildman–Crippen LogP) is 2.49. The van der Waals surface area contributed by atoms with Crippen LogP contribution in [0.5, 0.6) is 0 Å². The normalized spacial score (nSPS) is 19.1. The maximum Gasteiger partial charge on any atom is 0.0914 e. The van der Waals surface area contributed by atoms with E-state index < -0.39 is 6.10 Å².